The van der Waals surface area contributed by atoms with Crippen LogP contribution in [0.3, 0.4) is 0 Å². The molecule has 0 aromatic heterocycles. The van der Waals surface area contributed by atoms with Crippen molar-refractivity contribution in [2.45, 2.75) is 52.0 Å². The van der Waals surface area contributed by atoms with E-state index < -0.39 is 0 Å². The molecule has 0 bridgehead atoms. The molecule has 1 rings (SSSR count). The summed E-state index contributed by atoms with van der Waals surface area (Å²) in [5.74, 6) is 0.765. The molecule has 3 N–H and O–H groups in total. The standard InChI is InChI=1S/C17H27BrN2O/c1-12(2)10-17(4,11-19)20-16(21)9-13(3)14-5-7-15(18)8-6-14/h5-8,12-13H,9-11,19H2,1-4H3,(H,20,21). The number of nitrogens with two attached hydrogens (primary N) is 1. The van der Waals surface area contributed by atoms with E-state index in [0.717, 1.165) is 10.9 Å². The summed E-state index contributed by atoms with van der Waals surface area (Å²) < 4.78 is 1.05. The molecule has 0 saturated carbocycles. The van der Waals surface area contributed by atoms with Crippen molar-refractivity contribution in [2.24, 2.45) is 11.7 Å². The fraction of sp³-hybridized carbons (Fsp3) is 0.588. The summed E-state index contributed by atoms with van der Waals surface area (Å²) >= 11 is 3.42. The highest BCUT2D eigenvalue weighted by atomic mass is 79.9. The van der Waals surface area contributed by atoms with Gasteiger partial charge in [0.05, 0.1) is 0 Å². The van der Waals surface area contributed by atoms with E-state index in [4.69, 9.17) is 5.73 Å². The topological polar surface area (TPSA) is 55.1 Å². The molecule has 0 aliphatic carbocycles. The number of carbonyl (C=O) groups is 1. The van der Waals surface area contributed by atoms with E-state index in [0.29, 0.717) is 18.9 Å². The van der Waals surface area contributed by atoms with Crippen LogP contribution in [0, 0.1) is 5.92 Å². The summed E-state index contributed by atoms with van der Waals surface area (Å²) in [4.78, 5) is 12.3. The maximum Gasteiger partial charge on any atom is 0.221 e. The van der Waals surface area contributed by atoms with Gasteiger partial charge in [0.1, 0.15) is 0 Å². The minimum absolute atomic E-state index is 0.0685. The summed E-state index contributed by atoms with van der Waals surface area (Å²) in [5.41, 5.74) is 6.70. The first-order valence-electron chi connectivity index (χ1n) is 7.52. The first kappa shape index (κ1) is 18.2. The zero-order chi connectivity index (χ0) is 16.0. The molecule has 2 unspecified atom stereocenters. The predicted octanol–water partition coefficient (Wildman–Crippen LogP) is 3.82. The van der Waals surface area contributed by atoms with Crippen molar-refractivity contribution in [2.75, 3.05) is 6.54 Å². The number of carbonyl (C=O) groups excluding carboxylic acids is 1. The van der Waals surface area contributed by atoms with Gasteiger partial charge in [-0.05, 0) is 42.9 Å². The number of amides is 1. The highest BCUT2D eigenvalue weighted by Gasteiger charge is 2.26. The first-order chi connectivity index (χ1) is 9.75. The van der Waals surface area contributed by atoms with Gasteiger partial charge in [0.25, 0.3) is 0 Å². The number of nitrogens with one attached hydrogen (secondary N) is 1. The van der Waals surface area contributed by atoms with Crippen molar-refractivity contribution in [3.63, 3.8) is 0 Å². The molecule has 4 heteroatoms. The third-order valence-electron chi connectivity index (χ3n) is 3.68. The number of rotatable bonds is 7. The summed E-state index contributed by atoms with van der Waals surface area (Å²) in [6.07, 6.45) is 1.37. The van der Waals surface area contributed by atoms with Crippen molar-refractivity contribution >= 4 is 21.8 Å². The van der Waals surface area contributed by atoms with Crippen molar-refractivity contribution in [1.82, 2.24) is 5.32 Å². The number of benzene rings is 1. The fourth-order valence-corrected chi connectivity index (χ4v) is 2.93. The fourth-order valence-electron chi connectivity index (χ4n) is 2.66. The van der Waals surface area contributed by atoms with Gasteiger partial charge in [-0.3, -0.25) is 4.79 Å². The average Bonchev–Trinajstić information content (AvgIpc) is 2.38. The lowest BCUT2D eigenvalue weighted by Crippen LogP contribution is -2.52. The number of hydrogen-bond acceptors (Lipinski definition) is 2. The summed E-state index contributed by atoms with van der Waals surface area (Å²) in [7, 11) is 0. The van der Waals surface area contributed by atoms with Crippen LogP contribution in [0.2, 0.25) is 0 Å². The van der Waals surface area contributed by atoms with Crippen LogP contribution in [-0.2, 0) is 4.79 Å². The van der Waals surface area contributed by atoms with Crippen LogP contribution in [0.4, 0.5) is 0 Å². The Morgan fingerprint density at radius 3 is 2.33 bits per heavy atom. The first-order valence-corrected chi connectivity index (χ1v) is 8.31. The molecule has 1 aromatic rings. The second-order valence-electron chi connectivity index (χ2n) is 6.57. The molecular weight excluding hydrogens is 328 g/mol. The van der Waals surface area contributed by atoms with E-state index in [9.17, 15) is 4.79 Å². The second-order valence-corrected chi connectivity index (χ2v) is 7.48. The van der Waals surface area contributed by atoms with Gasteiger partial charge in [-0.15, -0.1) is 0 Å². The zero-order valence-electron chi connectivity index (χ0n) is 13.4. The minimum atomic E-state index is -0.315. The SMILES string of the molecule is CC(C)CC(C)(CN)NC(=O)CC(C)c1ccc(Br)cc1. The smallest absolute Gasteiger partial charge is 0.221 e. The molecule has 0 heterocycles. The van der Waals surface area contributed by atoms with Crippen LogP contribution in [-0.4, -0.2) is 18.0 Å². The van der Waals surface area contributed by atoms with Crippen molar-refractivity contribution in [1.29, 1.82) is 0 Å². The summed E-state index contributed by atoms with van der Waals surface area (Å²) in [6.45, 7) is 8.85. The molecule has 21 heavy (non-hydrogen) atoms. The van der Waals surface area contributed by atoms with Crippen molar-refractivity contribution < 1.29 is 4.79 Å². The molecule has 0 fully saturated rings. The Labute approximate surface area is 136 Å². The van der Waals surface area contributed by atoms with Gasteiger partial charge < -0.3 is 11.1 Å². The Morgan fingerprint density at radius 2 is 1.86 bits per heavy atom. The van der Waals surface area contributed by atoms with Gasteiger partial charge >= 0.3 is 0 Å². The highest BCUT2D eigenvalue weighted by molar-refractivity contribution is 9.10. The van der Waals surface area contributed by atoms with Crippen LogP contribution in [0.5, 0.6) is 0 Å². The molecule has 0 radical (unpaired) electrons. The van der Waals surface area contributed by atoms with Gasteiger partial charge in [0.2, 0.25) is 5.91 Å². The maximum atomic E-state index is 12.3. The number of halogens is 1. The molecule has 3 nitrogen and oxygen atoms in total. The van der Waals surface area contributed by atoms with Gasteiger partial charge in [-0.2, -0.15) is 0 Å². The van der Waals surface area contributed by atoms with Crippen LogP contribution in [0.25, 0.3) is 0 Å². The van der Waals surface area contributed by atoms with Crippen LogP contribution >= 0.6 is 15.9 Å². The zero-order valence-corrected chi connectivity index (χ0v) is 15.0. The lowest BCUT2D eigenvalue weighted by molar-refractivity contribution is -0.123. The maximum absolute atomic E-state index is 12.3. The lowest BCUT2D eigenvalue weighted by Gasteiger charge is -2.31. The molecule has 1 amide bonds. The third kappa shape index (κ3) is 6.18. The molecule has 118 valence electrons. The lowest BCUT2D eigenvalue weighted by atomic mass is 9.90. The van der Waals surface area contributed by atoms with Crippen LogP contribution < -0.4 is 11.1 Å². The molecule has 0 aliphatic rings. The van der Waals surface area contributed by atoms with E-state index >= 15 is 0 Å². The average molecular weight is 355 g/mol. The Kier molecular flexibility index (Phi) is 6.88. The normalized spacial score (nSPS) is 15.6. The summed E-state index contributed by atoms with van der Waals surface area (Å²) in [5, 5.41) is 3.11. The summed E-state index contributed by atoms with van der Waals surface area (Å²) in [6, 6.07) is 8.12. The van der Waals surface area contributed by atoms with Gasteiger partial charge in [-0.1, -0.05) is 48.8 Å². The number of hydrogen-bond donors (Lipinski definition) is 2. The largest absolute Gasteiger partial charge is 0.350 e. The van der Waals surface area contributed by atoms with Gasteiger partial charge in [0, 0.05) is 23.0 Å². The Hall–Kier alpha value is -0.870. The van der Waals surface area contributed by atoms with E-state index in [2.05, 4.69) is 54.2 Å². The quantitative estimate of drug-likeness (QED) is 0.781. The molecule has 0 saturated heterocycles. The Balaban J connectivity index is 2.61. The predicted molar refractivity (Wildman–Crippen MR) is 92.2 cm³/mol. The van der Waals surface area contributed by atoms with Crippen LogP contribution in [0.15, 0.2) is 28.7 Å². The van der Waals surface area contributed by atoms with E-state index in [1.807, 2.05) is 19.1 Å². The van der Waals surface area contributed by atoms with E-state index in [1.165, 1.54) is 5.56 Å². The third-order valence-corrected chi connectivity index (χ3v) is 4.21. The molecule has 0 aliphatic heterocycles. The Bertz CT molecular complexity index is 458. The van der Waals surface area contributed by atoms with Crippen molar-refractivity contribution in [3.8, 4) is 0 Å². The van der Waals surface area contributed by atoms with Gasteiger partial charge in [-0.25, -0.2) is 0 Å². The highest BCUT2D eigenvalue weighted by Crippen LogP contribution is 2.22. The molecular formula is C17H27BrN2O. The van der Waals surface area contributed by atoms with Crippen molar-refractivity contribution in [3.05, 3.63) is 34.3 Å². The molecule has 1 aromatic carbocycles. The molecule has 2 atom stereocenters. The Morgan fingerprint density at radius 1 is 1.29 bits per heavy atom. The van der Waals surface area contributed by atoms with Crippen LogP contribution in [0.1, 0.15) is 52.0 Å². The minimum Gasteiger partial charge on any atom is -0.350 e. The van der Waals surface area contributed by atoms with E-state index in [-0.39, 0.29) is 17.4 Å². The second kappa shape index (κ2) is 7.95. The molecule has 0 spiro atoms. The monoisotopic (exact) mass is 354 g/mol. The van der Waals surface area contributed by atoms with Gasteiger partial charge in [0.15, 0.2) is 0 Å². The van der Waals surface area contributed by atoms with E-state index in [1.54, 1.807) is 0 Å².